The van der Waals surface area contributed by atoms with E-state index < -0.39 is 0 Å². The van der Waals surface area contributed by atoms with Crippen LogP contribution in [0.1, 0.15) is 24.0 Å². The highest BCUT2D eigenvalue weighted by molar-refractivity contribution is 6.30. The number of carbonyl (C=O) groups excluding carboxylic acids is 1. The molecule has 1 aliphatic rings. The second-order valence-electron chi connectivity index (χ2n) is 9.23. The van der Waals surface area contributed by atoms with Gasteiger partial charge in [0, 0.05) is 30.1 Å². The van der Waals surface area contributed by atoms with Crippen LogP contribution in [0.3, 0.4) is 0 Å². The number of H-pyrrole nitrogens is 1. The van der Waals surface area contributed by atoms with Crippen LogP contribution in [0.5, 0.6) is 5.75 Å². The topological polar surface area (TPSA) is 67.3 Å². The molecule has 1 amide bonds. The number of carbonyl (C=O) groups is 1. The first-order valence-electron chi connectivity index (χ1n) is 11.8. The minimum atomic E-state index is -0.305. The molecule has 1 saturated heterocycles. The van der Waals surface area contributed by atoms with E-state index in [4.69, 9.17) is 16.3 Å². The number of ether oxygens (including phenoxy) is 1. The van der Waals surface area contributed by atoms with Crippen LogP contribution in [-0.2, 0) is 23.2 Å². The summed E-state index contributed by atoms with van der Waals surface area (Å²) in [4.78, 5) is 30.9. The van der Waals surface area contributed by atoms with Crippen molar-refractivity contribution in [3.05, 3.63) is 99.4 Å². The Morgan fingerprint density at radius 2 is 1.77 bits per heavy atom. The van der Waals surface area contributed by atoms with Crippen molar-refractivity contribution in [2.75, 3.05) is 20.2 Å². The molecule has 35 heavy (non-hydrogen) atoms. The number of amides is 1. The van der Waals surface area contributed by atoms with Crippen molar-refractivity contribution >= 4 is 28.5 Å². The summed E-state index contributed by atoms with van der Waals surface area (Å²) in [5.41, 5.74) is 3.37. The van der Waals surface area contributed by atoms with E-state index in [0.29, 0.717) is 31.1 Å². The van der Waals surface area contributed by atoms with Gasteiger partial charge in [-0.25, -0.2) is 4.79 Å². The maximum absolute atomic E-state index is 13.1. The number of nitrogens with one attached hydrogen (secondary N) is 1. The van der Waals surface area contributed by atoms with E-state index in [-0.39, 0.29) is 17.0 Å². The fourth-order valence-corrected chi connectivity index (χ4v) is 5.26. The average molecular weight is 490 g/mol. The molecule has 6 nitrogen and oxygen atoms in total. The van der Waals surface area contributed by atoms with E-state index in [9.17, 15) is 9.59 Å². The van der Waals surface area contributed by atoms with Gasteiger partial charge < -0.3 is 14.6 Å². The molecule has 7 heteroatoms. The van der Waals surface area contributed by atoms with Crippen molar-refractivity contribution in [3.63, 3.8) is 0 Å². The van der Waals surface area contributed by atoms with Crippen molar-refractivity contribution in [1.29, 1.82) is 0 Å². The molecule has 5 rings (SSSR count). The lowest BCUT2D eigenvalue weighted by Gasteiger charge is -2.42. The van der Waals surface area contributed by atoms with Gasteiger partial charge in [-0.05, 0) is 60.4 Å². The molecule has 2 heterocycles. The summed E-state index contributed by atoms with van der Waals surface area (Å²) in [5.74, 6) is 0.894. The van der Waals surface area contributed by atoms with Crippen LogP contribution < -0.4 is 10.4 Å². The summed E-state index contributed by atoms with van der Waals surface area (Å²) >= 11 is 5.98. The molecule has 0 aliphatic carbocycles. The minimum Gasteiger partial charge on any atom is -0.497 e. The summed E-state index contributed by atoms with van der Waals surface area (Å²) in [7, 11) is 1.66. The van der Waals surface area contributed by atoms with Gasteiger partial charge in [0.05, 0.1) is 24.6 Å². The first-order chi connectivity index (χ1) is 17.0. The first-order valence-corrected chi connectivity index (χ1v) is 12.2. The number of imidazole rings is 1. The Hall–Kier alpha value is -3.51. The summed E-state index contributed by atoms with van der Waals surface area (Å²) in [6.45, 7) is 1.78. The maximum atomic E-state index is 13.1. The van der Waals surface area contributed by atoms with E-state index in [1.807, 2.05) is 70.1 Å². The van der Waals surface area contributed by atoms with Crippen LogP contribution in [0.25, 0.3) is 11.0 Å². The van der Waals surface area contributed by atoms with Gasteiger partial charge in [0.1, 0.15) is 5.75 Å². The lowest BCUT2D eigenvalue weighted by atomic mass is 9.72. The van der Waals surface area contributed by atoms with Gasteiger partial charge >= 0.3 is 5.69 Å². The Labute approximate surface area is 209 Å². The summed E-state index contributed by atoms with van der Waals surface area (Å²) in [6.07, 6.45) is 1.85. The molecule has 1 fully saturated rings. The smallest absolute Gasteiger partial charge is 0.326 e. The SMILES string of the molecule is COc1cccc(C2(Cn3c(=O)[nH]c4ccccc43)CCN(C(=O)Cc3ccc(Cl)cc3)CC2)c1. The van der Waals surface area contributed by atoms with Gasteiger partial charge in [0.2, 0.25) is 5.91 Å². The molecule has 4 aromatic rings. The number of methoxy groups -OCH3 is 1. The lowest BCUT2D eigenvalue weighted by Crippen LogP contribution is -2.48. The molecular formula is C28H28ClN3O3. The predicted octanol–water partition coefficient (Wildman–Crippen LogP) is 4.79. The highest BCUT2D eigenvalue weighted by Crippen LogP contribution is 2.39. The van der Waals surface area contributed by atoms with E-state index in [0.717, 1.165) is 40.8 Å². The van der Waals surface area contributed by atoms with E-state index in [1.165, 1.54) is 0 Å². The van der Waals surface area contributed by atoms with E-state index in [2.05, 4.69) is 17.1 Å². The van der Waals surface area contributed by atoms with Gasteiger partial charge in [0.25, 0.3) is 0 Å². The molecular weight excluding hydrogens is 462 g/mol. The Bertz CT molecular complexity index is 1400. The Morgan fingerprint density at radius 1 is 1.03 bits per heavy atom. The average Bonchev–Trinajstić information content (AvgIpc) is 3.20. The monoisotopic (exact) mass is 489 g/mol. The number of nitrogens with zero attached hydrogens (tertiary/aromatic N) is 2. The quantitative estimate of drug-likeness (QED) is 0.423. The van der Waals surface area contributed by atoms with Crippen LogP contribution in [0.4, 0.5) is 0 Å². The summed E-state index contributed by atoms with van der Waals surface area (Å²) < 4.78 is 7.34. The van der Waals surface area contributed by atoms with E-state index in [1.54, 1.807) is 7.11 Å². The molecule has 1 aliphatic heterocycles. The number of benzene rings is 3. The first kappa shape index (κ1) is 23.2. The Kier molecular flexibility index (Phi) is 6.39. The molecule has 0 radical (unpaired) electrons. The Balaban J connectivity index is 1.43. The third kappa shape index (κ3) is 4.71. The molecule has 0 unspecified atom stereocenters. The van der Waals surface area contributed by atoms with Crippen molar-refractivity contribution < 1.29 is 9.53 Å². The van der Waals surface area contributed by atoms with Crippen LogP contribution in [0, 0.1) is 0 Å². The maximum Gasteiger partial charge on any atom is 0.326 e. The fourth-order valence-electron chi connectivity index (χ4n) is 5.13. The Morgan fingerprint density at radius 3 is 2.51 bits per heavy atom. The minimum absolute atomic E-state index is 0.107. The zero-order valence-corrected chi connectivity index (χ0v) is 20.4. The second kappa shape index (κ2) is 9.62. The largest absolute Gasteiger partial charge is 0.497 e. The van der Waals surface area contributed by atoms with Crippen LogP contribution >= 0.6 is 11.6 Å². The number of piperidine rings is 1. The highest BCUT2D eigenvalue weighted by atomic mass is 35.5. The number of hydrogen-bond acceptors (Lipinski definition) is 3. The van der Waals surface area contributed by atoms with Gasteiger partial charge in [-0.1, -0.05) is 48.0 Å². The van der Waals surface area contributed by atoms with Gasteiger partial charge in [-0.3, -0.25) is 9.36 Å². The fraction of sp³-hybridized carbons (Fsp3) is 0.286. The molecule has 1 N–H and O–H groups in total. The van der Waals surface area contributed by atoms with Crippen LogP contribution in [0.2, 0.25) is 5.02 Å². The molecule has 0 saturated carbocycles. The third-order valence-electron chi connectivity index (χ3n) is 7.17. The number of hydrogen-bond donors (Lipinski definition) is 1. The number of aromatic amines is 1. The van der Waals surface area contributed by atoms with Gasteiger partial charge in [0.15, 0.2) is 0 Å². The standard InChI is InChI=1S/C28H28ClN3O3/c1-35-23-6-4-5-21(18-23)28(19-32-25-8-3-2-7-24(25)30-27(32)34)13-15-31(16-14-28)26(33)17-20-9-11-22(29)12-10-20/h2-12,18H,13-17,19H2,1H3,(H,30,34). The molecule has 0 bridgehead atoms. The highest BCUT2D eigenvalue weighted by Gasteiger charge is 2.39. The number of aromatic nitrogens is 2. The summed E-state index contributed by atoms with van der Waals surface area (Å²) in [5, 5.41) is 0.662. The number of para-hydroxylation sites is 2. The van der Waals surface area contributed by atoms with Crippen LogP contribution in [0.15, 0.2) is 77.6 Å². The van der Waals surface area contributed by atoms with Crippen molar-refractivity contribution in [2.45, 2.75) is 31.2 Å². The molecule has 180 valence electrons. The summed E-state index contributed by atoms with van der Waals surface area (Å²) in [6, 6.07) is 23.3. The zero-order chi connectivity index (χ0) is 24.4. The number of likely N-dealkylation sites (tertiary alicyclic amines) is 1. The van der Waals surface area contributed by atoms with Crippen molar-refractivity contribution in [1.82, 2.24) is 14.5 Å². The van der Waals surface area contributed by atoms with Crippen molar-refractivity contribution in [2.24, 2.45) is 0 Å². The number of fused-ring (bicyclic) bond motifs is 1. The number of rotatable bonds is 6. The molecule has 0 atom stereocenters. The normalized spacial score (nSPS) is 15.3. The zero-order valence-electron chi connectivity index (χ0n) is 19.7. The van der Waals surface area contributed by atoms with Gasteiger partial charge in [-0.2, -0.15) is 0 Å². The van der Waals surface area contributed by atoms with E-state index >= 15 is 0 Å². The molecule has 1 aromatic heterocycles. The second-order valence-corrected chi connectivity index (χ2v) is 9.67. The molecule has 0 spiro atoms. The third-order valence-corrected chi connectivity index (χ3v) is 7.42. The predicted molar refractivity (Wildman–Crippen MR) is 138 cm³/mol. The van der Waals surface area contributed by atoms with Crippen LogP contribution in [-0.4, -0.2) is 40.6 Å². The lowest BCUT2D eigenvalue weighted by molar-refractivity contribution is -0.132. The number of halogens is 1. The van der Waals surface area contributed by atoms with Gasteiger partial charge in [-0.15, -0.1) is 0 Å². The molecule has 3 aromatic carbocycles. The van der Waals surface area contributed by atoms with Crippen molar-refractivity contribution in [3.8, 4) is 5.75 Å².